The Morgan fingerprint density at radius 1 is 0.192 bits per heavy atom. The van der Waals surface area contributed by atoms with Crippen LogP contribution in [-0.2, 0) is 61.6 Å². The van der Waals surface area contributed by atoms with Gasteiger partial charge in [0.05, 0.1) is 134 Å². The van der Waals surface area contributed by atoms with Crippen LogP contribution in [0.1, 0.15) is 320 Å². The molecule has 13 heteroatoms. The van der Waals surface area contributed by atoms with Crippen molar-refractivity contribution in [3.63, 3.8) is 0 Å². The lowest BCUT2D eigenvalue weighted by molar-refractivity contribution is -0.247. The number of methoxy groups -OCH3 is 4. The first-order valence-corrected chi connectivity index (χ1v) is 43.0. The van der Waals surface area contributed by atoms with E-state index in [1.54, 1.807) is 0 Å². The summed E-state index contributed by atoms with van der Waals surface area (Å²) in [7, 11) is 7.36. The first kappa shape index (κ1) is 81.0. The van der Waals surface area contributed by atoms with Crippen LogP contribution in [0, 0.1) is 65.1 Å². The van der Waals surface area contributed by atoms with E-state index >= 15 is 0 Å². The number of epoxide rings is 1. The predicted octanol–water partition coefficient (Wildman–Crippen LogP) is 19.8. The lowest BCUT2D eigenvalue weighted by Crippen LogP contribution is -2.53. The van der Waals surface area contributed by atoms with E-state index in [0.29, 0.717) is 61.0 Å². The third kappa shape index (κ3) is 23.5. The van der Waals surface area contributed by atoms with Gasteiger partial charge < -0.3 is 61.6 Å². The summed E-state index contributed by atoms with van der Waals surface area (Å²) in [5.41, 5.74) is 0. The van der Waals surface area contributed by atoms with E-state index in [1.165, 1.54) is 167 Å². The summed E-state index contributed by atoms with van der Waals surface area (Å²) in [4.78, 5) is 0. The Hall–Kier alpha value is -0.520. The van der Waals surface area contributed by atoms with E-state index in [1.807, 2.05) is 28.4 Å². The molecule has 0 spiro atoms. The molecule has 0 aromatic rings. The molecule has 11 aliphatic carbocycles. The molecule has 3 heterocycles. The molecule has 3 aliphatic heterocycles. The van der Waals surface area contributed by atoms with Crippen LogP contribution in [0.4, 0.5) is 0 Å². The molecule has 11 saturated carbocycles. The molecule has 0 aromatic carbocycles. The molecule has 14 rings (SSSR count). The van der Waals surface area contributed by atoms with E-state index in [9.17, 15) is 0 Å². The van der Waals surface area contributed by atoms with Gasteiger partial charge in [-0.3, -0.25) is 0 Å². The Labute approximate surface area is 606 Å². The second-order valence-corrected chi connectivity index (χ2v) is 36.0. The van der Waals surface area contributed by atoms with Crippen molar-refractivity contribution in [3.8, 4) is 0 Å². The molecule has 33 unspecified atom stereocenters. The largest absolute Gasteiger partial charge is 0.379 e. The first-order chi connectivity index (χ1) is 48.0. The summed E-state index contributed by atoms with van der Waals surface area (Å²) >= 11 is 0. The van der Waals surface area contributed by atoms with Crippen molar-refractivity contribution in [2.75, 3.05) is 28.4 Å². The summed E-state index contributed by atoms with van der Waals surface area (Å²) in [5.74, 6) is 8.82. The fraction of sp³-hybridized carbons (Fsp3) is 1.00. The van der Waals surface area contributed by atoms with Gasteiger partial charge >= 0.3 is 0 Å². The Morgan fingerprint density at radius 3 is 0.727 bits per heavy atom. The number of hydrogen-bond donors (Lipinski definition) is 0. The minimum absolute atomic E-state index is 0.198. The van der Waals surface area contributed by atoms with Crippen LogP contribution in [0.25, 0.3) is 0 Å². The maximum atomic E-state index is 6.79. The first-order valence-electron chi connectivity index (χ1n) is 43.0. The van der Waals surface area contributed by atoms with Crippen LogP contribution in [0.15, 0.2) is 0 Å². The van der Waals surface area contributed by atoms with E-state index in [2.05, 4.69) is 76.2 Å². The third-order valence-electron chi connectivity index (χ3n) is 28.3. The van der Waals surface area contributed by atoms with Crippen LogP contribution in [0.3, 0.4) is 0 Å². The number of fused-ring (bicyclic) bond motifs is 5. The molecule has 0 bridgehead atoms. The van der Waals surface area contributed by atoms with Gasteiger partial charge in [-0.05, 0) is 277 Å². The van der Waals surface area contributed by atoms with E-state index in [-0.39, 0.29) is 73.2 Å². The summed E-state index contributed by atoms with van der Waals surface area (Å²) in [5, 5.41) is 0. The van der Waals surface area contributed by atoms with Crippen molar-refractivity contribution in [3.05, 3.63) is 0 Å². The SMILES string of the molecule is CCC1CCC(OC2CCC(C)CC2OC)C(OC2CC(C)CCC2OC)C1.CCC1CCC(OC2CCC(C)CC2OC)C(OC2CCC(C)CC2OC)C1.CCC1CCC2OC2C1.CCC1CCC2OC3CC(C)CCC3OC2C1.CCC1CCC2OC3CCC(C)CC3OC2C1. The van der Waals surface area contributed by atoms with E-state index in [4.69, 9.17) is 61.6 Å². The molecule has 14 fully saturated rings. The predicted molar refractivity (Wildman–Crippen MR) is 397 cm³/mol. The van der Waals surface area contributed by atoms with E-state index in [0.717, 1.165) is 142 Å². The standard InChI is InChI=1S/2C24H44O4.2C15H26O2.C8H14O/c1-6-18-9-12-21(27-20-11-8-16(2)13-22(20)26-5)24(15-18)28-23-14-17(3)7-10-19(23)25-4;1-6-18-9-12-21(27-19-10-7-16(2)13-22(19)25-4)24(15-18)28-20-11-8-17(3)14-23(20)26-5;1-3-11-5-7-13-15(9-11)17-12-6-4-10(2)8-14(12)16-13;1-3-11-5-7-13-15(9-11)17-14-8-10(2)4-6-12(14)16-13;1-2-6-3-4-7-8(5-6)9-7/h2*16-24H,6-15H2,1-5H3;2*10-15H,3-9H2,1-2H3;6-8H,2-5H2,1H3. The minimum Gasteiger partial charge on any atom is -0.379 e. The van der Waals surface area contributed by atoms with Crippen molar-refractivity contribution in [2.24, 2.45) is 65.1 Å². The highest BCUT2D eigenvalue weighted by atomic mass is 16.6. The molecule has 0 radical (unpaired) electrons. The van der Waals surface area contributed by atoms with Crippen LogP contribution in [0.5, 0.6) is 0 Å². The third-order valence-corrected chi connectivity index (χ3v) is 28.3. The van der Waals surface area contributed by atoms with Gasteiger partial charge in [-0.2, -0.15) is 0 Å². The molecule has 0 aromatic heterocycles. The molecule has 0 N–H and O–H groups in total. The highest BCUT2D eigenvalue weighted by Gasteiger charge is 2.48. The molecule has 0 amide bonds. The Bertz CT molecular complexity index is 2220. The van der Waals surface area contributed by atoms with Crippen molar-refractivity contribution >= 4 is 0 Å². The average Bonchev–Trinajstić information content (AvgIpc) is 1.59. The van der Waals surface area contributed by atoms with E-state index < -0.39 is 0 Å². The maximum absolute atomic E-state index is 6.79. The Morgan fingerprint density at radius 2 is 0.394 bits per heavy atom. The maximum Gasteiger partial charge on any atom is 0.0844 e. The molecular weight excluding hydrogens is 1240 g/mol. The smallest absolute Gasteiger partial charge is 0.0844 e. The monoisotopic (exact) mass is 1400 g/mol. The normalized spacial score (nSPS) is 47.2. The molecule has 13 nitrogen and oxygen atoms in total. The van der Waals surface area contributed by atoms with Gasteiger partial charge in [0.15, 0.2) is 0 Å². The minimum atomic E-state index is 0.198. The number of rotatable bonds is 17. The van der Waals surface area contributed by atoms with Gasteiger partial charge in [0, 0.05) is 28.4 Å². The zero-order chi connectivity index (χ0) is 70.1. The second kappa shape index (κ2) is 40.6. The average molecular weight is 1400 g/mol. The fourth-order valence-electron chi connectivity index (χ4n) is 21.1. The van der Waals surface area contributed by atoms with Crippen molar-refractivity contribution < 1.29 is 61.6 Å². The number of ether oxygens (including phenoxy) is 13. The zero-order valence-electron chi connectivity index (χ0n) is 66.2. The van der Waals surface area contributed by atoms with Crippen LogP contribution in [0.2, 0.25) is 0 Å². The Balaban J connectivity index is 0.000000139. The van der Waals surface area contributed by atoms with Gasteiger partial charge in [-0.1, -0.05) is 108 Å². The van der Waals surface area contributed by atoms with Gasteiger partial charge in [0.1, 0.15) is 0 Å². The quantitative estimate of drug-likeness (QED) is 0.129. The van der Waals surface area contributed by atoms with Crippen LogP contribution >= 0.6 is 0 Å². The zero-order valence-corrected chi connectivity index (χ0v) is 66.2. The summed E-state index contributed by atoms with van der Waals surface area (Å²) in [6.07, 6.45) is 53.7. The van der Waals surface area contributed by atoms with Gasteiger partial charge in [-0.25, -0.2) is 0 Å². The van der Waals surface area contributed by atoms with Crippen LogP contribution in [-0.4, -0.2) is 163 Å². The lowest BCUT2D eigenvalue weighted by Gasteiger charge is -2.48. The molecule has 14 aliphatic rings. The molecular formula is C86H154O13. The van der Waals surface area contributed by atoms with Gasteiger partial charge in [0.2, 0.25) is 0 Å². The van der Waals surface area contributed by atoms with Crippen LogP contribution < -0.4 is 0 Å². The van der Waals surface area contributed by atoms with Gasteiger partial charge in [0.25, 0.3) is 0 Å². The summed E-state index contributed by atoms with van der Waals surface area (Å²) in [6.45, 7) is 25.6. The molecule has 99 heavy (non-hydrogen) atoms. The topological polar surface area (TPSA) is 123 Å². The highest BCUT2D eigenvalue weighted by molar-refractivity contribution is 4.96. The molecule has 3 saturated heterocycles. The molecule has 33 atom stereocenters. The summed E-state index contributed by atoms with van der Waals surface area (Å²) in [6, 6.07) is 0. The fourth-order valence-corrected chi connectivity index (χ4v) is 21.1. The highest BCUT2D eigenvalue weighted by Crippen LogP contribution is 2.46. The van der Waals surface area contributed by atoms with Crippen molar-refractivity contribution in [1.29, 1.82) is 0 Å². The number of hydrogen-bond acceptors (Lipinski definition) is 13. The Kier molecular flexibility index (Phi) is 33.2. The second-order valence-electron chi connectivity index (χ2n) is 36.0. The van der Waals surface area contributed by atoms with Gasteiger partial charge in [-0.15, -0.1) is 0 Å². The summed E-state index contributed by atoms with van der Waals surface area (Å²) < 4.78 is 81.0. The van der Waals surface area contributed by atoms with Crippen molar-refractivity contribution in [2.45, 2.75) is 454 Å². The lowest BCUT2D eigenvalue weighted by atomic mass is 9.80. The molecule has 576 valence electrons. The van der Waals surface area contributed by atoms with Crippen molar-refractivity contribution in [1.82, 2.24) is 0 Å².